The Balaban J connectivity index is 2.16. The summed E-state index contributed by atoms with van der Waals surface area (Å²) in [5.41, 5.74) is 0.719. The molecule has 0 fully saturated rings. The molecule has 0 heterocycles. The Labute approximate surface area is 130 Å². The molecule has 0 aliphatic heterocycles. The topological polar surface area (TPSA) is 52.9 Å². The van der Waals surface area contributed by atoms with Crippen LogP contribution in [0.5, 0.6) is 0 Å². The lowest BCUT2D eigenvalue weighted by molar-refractivity contribution is -0.116. The van der Waals surface area contributed by atoms with Gasteiger partial charge in [-0.15, -0.1) is 0 Å². The number of allylic oxidation sites excluding steroid dienone is 2. The van der Waals surface area contributed by atoms with Gasteiger partial charge >= 0.3 is 0 Å². The highest BCUT2D eigenvalue weighted by Gasteiger charge is 2.36. The van der Waals surface area contributed by atoms with Crippen LogP contribution in [0.25, 0.3) is 0 Å². The van der Waals surface area contributed by atoms with E-state index >= 15 is 0 Å². The molecule has 0 spiro atoms. The van der Waals surface area contributed by atoms with Crippen LogP contribution in [0.4, 0.5) is 4.39 Å². The van der Waals surface area contributed by atoms with Crippen molar-refractivity contribution in [2.45, 2.75) is 18.5 Å². The van der Waals surface area contributed by atoms with Crippen molar-refractivity contribution in [2.75, 3.05) is 27.2 Å². The molecule has 1 aliphatic carbocycles. The summed E-state index contributed by atoms with van der Waals surface area (Å²) in [5, 5.41) is 10.0. The number of alkyl halides is 1. The minimum atomic E-state index is -1.57. The van der Waals surface area contributed by atoms with Crippen LogP contribution in [0.1, 0.15) is 17.9 Å². The van der Waals surface area contributed by atoms with Gasteiger partial charge < -0.3 is 10.0 Å². The zero-order valence-electron chi connectivity index (χ0n) is 12.9. The predicted molar refractivity (Wildman–Crippen MR) is 85.3 cm³/mol. The Morgan fingerprint density at radius 3 is 2.68 bits per heavy atom. The minimum Gasteiger partial charge on any atom is -0.508 e. The fourth-order valence-corrected chi connectivity index (χ4v) is 2.43. The van der Waals surface area contributed by atoms with Crippen LogP contribution in [-0.4, -0.2) is 55.4 Å². The summed E-state index contributed by atoms with van der Waals surface area (Å²) in [6.07, 6.45) is -0.227. The van der Waals surface area contributed by atoms with Gasteiger partial charge in [-0.05, 0) is 19.7 Å². The Bertz CT molecular complexity index is 582. The molecule has 22 heavy (non-hydrogen) atoms. The molecule has 2 rings (SSSR count). The van der Waals surface area contributed by atoms with Crippen LogP contribution in [0.2, 0.25) is 0 Å². The summed E-state index contributed by atoms with van der Waals surface area (Å²) < 4.78 is 14.5. The summed E-state index contributed by atoms with van der Waals surface area (Å²) in [6, 6.07) is 8.97. The highest BCUT2D eigenvalue weighted by atomic mass is 19.1. The second-order valence-electron chi connectivity index (χ2n) is 5.68. The third kappa shape index (κ3) is 3.80. The van der Waals surface area contributed by atoms with E-state index in [1.165, 1.54) is 6.21 Å². The van der Waals surface area contributed by atoms with Crippen LogP contribution in [0.15, 0.2) is 46.7 Å². The van der Waals surface area contributed by atoms with E-state index in [1.54, 1.807) is 24.3 Å². The van der Waals surface area contributed by atoms with E-state index in [4.69, 9.17) is 0 Å². The van der Waals surface area contributed by atoms with Gasteiger partial charge in [0, 0.05) is 25.1 Å². The molecule has 0 saturated heterocycles. The van der Waals surface area contributed by atoms with E-state index in [9.17, 15) is 14.3 Å². The normalized spacial score (nSPS) is 22.8. The molecular weight excluding hydrogens is 283 g/mol. The monoisotopic (exact) mass is 304 g/mol. The number of aliphatic imine (C=N–C) groups is 1. The third-order valence-electron chi connectivity index (χ3n) is 3.72. The number of hydrogen-bond donors (Lipinski definition) is 1. The van der Waals surface area contributed by atoms with Gasteiger partial charge in [-0.2, -0.15) is 0 Å². The number of ketones is 1. The number of likely N-dealkylation sites (N-methyl/N-ethyl adjacent to an activating group) is 1. The summed E-state index contributed by atoms with van der Waals surface area (Å²) in [7, 11) is 3.83. The first-order valence-corrected chi connectivity index (χ1v) is 7.30. The van der Waals surface area contributed by atoms with E-state index in [2.05, 4.69) is 4.99 Å². The zero-order valence-corrected chi connectivity index (χ0v) is 12.9. The maximum Gasteiger partial charge on any atom is 0.168 e. The number of halogens is 1. The second-order valence-corrected chi connectivity index (χ2v) is 5.68. The van der Waals surface area contributed by atoms with E-state index in [-0.39, 0.29) is 17.8 Å². The van der Waals surface area contributed by atoms with Crippen molar-refractivity contribution in [3.8, 4) is 0 Å². The number of hydrogen-bond acceptors (Lipinski definition) is 4. The molecule has 0 saturated carbocycles. The standard InChI is InChI=1S/C17H21FN2O2/c1-20(2)9-8-19-11-14-15(21)10-13(16(18)17(14)22)12-6-4-3-5-7-12/h3-7,11,13,16,22H,8-10H2,1-2H3. The Kier molecular flexibility index (Phi) is 5.44. The minimum absolute atomic E-state index is 0.00145. The quantitative estimate of drug-likeness (QED) is 0.851. The molecule has 1 aromatic carbocycles. The van der Waals surface area contributed by atoms with Crippen LogP contribution in [0, 0.1) is 0 Å². The van der Waals surface area contributed by atoms with Gasteiger partial charge in [0.1, 0.15) is 5.76 Å². The molecule has 2 unspecified atom stereocenters. The molecule has 0 radical (unpaired) electrons. The van der Waals surface area contributed by atoms with Gasteiger partial charge in [-0.25, -0.2) is 4.39 Å². The molecule has 4 nitrogen and oxygen atoms in total. The predicted octanol–water partition coefficient (Wildman–Crippen LogP) is 2.53. The van der Waals surface area contributed by atoms with Gasteiger partial charge in [-0.3, -0.25) is 9.79 Å². The maximum absolute atomic E-state index is 14.5. The van der Waals surface area contributed by atoms with Crippen molar-refractivity contribution >= 4 is 12.0 Å². The number of rotatable bonds is 5. The van der Waals surface area contributed by atoms with E-state index in [1.807, 2.05) is 25.1 Å². The fourth-order valence-electron chi connectivity index (χ4n) is 2.43. The van der Waals surface area contributed by atoms with E-state index < -0.39 is 17.8 Å². The highest BCUT2D eigenvalue weighted by Crippen LogP contribution is 2.35. The number of carbonyl (C=O) groups excluding carboxylic acids is 1. The number of carbonyl (C=O) groups is 1. The van der Waals surface area contributed by atoms with Gasteiger partial charge in [0.2, 0.25) is 0 Å². The molecule has 5 heteroatoms. The lowest BCUT2D eigenvalue weighted by atomic mass is 9.81. The SMILES string of the molecule is CN(C)CCN=CC1=C(O)C(F)C(c2ccccc2)CC1=O. The largest absolute Gasteiger partial charge is 0.508 e. The van der Waals surface area contributed by atoms with Crippen molar-refractivity contribution in [2.24, 2.45) is 4.99 Å². The molecule has 1 N–H and O–H groups in total. The zero-order chi connectivity index (χ0) is 16.1. The van der Waals surface area contributed by atoms with Crippen LogP contribution in [-0.2, 0) is 4.79 Å². The van der Waals surface area contributed by atoms with E-state index in [0.29, 0.717) is 6.54 Å². The first-order valence-electron chi connectivity index (χ1n) is 7.30. The van der Waals surface area contributed by atoms with Crippen molar-refractivity contribution in [1.29, 1.82) is 0 Å². The number of aliphatic hydroxyl groups is 1. The molecule has 2 atom stereocenters. The van der Waals surface area contributed by atoms with Gasteiger partial charge in [-0.1, -0.05) is 30.3 Å². The maximum atomic E-state index is 14.5. The third-order valence-corrected chi connectivity index (χ3v) is 3.72. The lowest BCUT2D eigenvalue weighted by Gasteiger charge is -2.26. The summed E-state index contributed by atoms with van der Waals surface area (Å²) >= 11 is 0. The Morgan fingerprint density at radius 2 is 2.05 bits per heavy atom. The van der Waals surface area contributed by atoms with Gasteiger partial charge in [0.15, 0.2) is 12.0 Å². The molecule has 0 bridgehead atoms. The fraction of sp³-hybridized carbons (Fsp3) is 0.412. The Morgan fingerprint density at radius 1 is 1.36 bits per heavy atom. The van der Waals surface area contributed by atoms with Gasteiger partial charge in [0.05, 0.1) is 12.1 Å². The average Bonchev–Trinajstić information content (AvgIpc) is 2.50. The van der Waals surface area contributed by atoms with Crippen LogP contribution >= 0.6 is 0 Å². The smallest absolute Gasteiger partial charge is 0.168 e. The Hall–Kier alpha value is -2.01. The van der Waals surface area contributed by atoms with E-state index in [0.717, 1.165) is 12.1 Å². The second kappa shape index (κ2) is 7.31. The molecule has 1 aromatic rings. The number of benzene rings is 1. The number of nitrogens with zero attached hydrogens (tertiary/aromatic N) is 2. The lowest BCUT2D eigenvalue weighted by Crippen LogP contribution is -2.29. The molecule has 0 amide bonds. The van der Waals surface area contributed by atoms with Crippen molar-refractivity contribution < 1.29 is 14.3 Å². The van der Waals surface area contributed by atoms with Crippen molar-refractivity contribution in [3.63, 3.8) is 0 Å². The summed E-state index contributed by atoms with van der Waals surface area (Å²) in [6.45, 7) is 1.22. The molecule has 118 valence electrons. The van der Waals surface area contributed by atoms with Crippen molar-refractivity contribution in [3.05, 3.63) is 47.2 Å². The molecule has 0 aromatic heterocycles. The molecular formula is C17H21FN2O2. The van der Waals surface area contributed by atoms with Crippen LogP contribution in [0.3, 0.4) is 0 Å². The first-order chi connectivity index (χ1) is 10.5. The number of aliphatic hydroxyl groups excluding tert-OH is 1. The first kappa shape index (κ1) is 16.4. The average molecular weight is 304 g/mol. The highest BCUT2D eigenvalue weighted by molar-refractivity contribution is 6.14. The van der Waals surface area contributed by atoms with Crippen LogP contribution < -0.4 is 0 Å². The summed E-state index contributed by atoms with van der Waals surface area (Å²) in [5.74, 6) is -1.40. The summed E-state index contributed by atoms with van der Waals surface area (Å²) in [4.78, 5) is 18.2. The molecule has 1 aliphatic rings. The van der Waals surface area contributed by atoms with Gasteiger partial charge in [0.25, 0.3) is 0 Å². The van der Waals surface area contributed by atoms with Crippen molar-refractivity contribution in [1.82, 2.24) is 4.90 Å². The number of Topliss-reactive ketones (excluding diaryl/α,β-unsaturated/α-hetero) is 1.